The van der Waals surface area contributed by atoms with Gasteiger partial charge in [-0.05, 0) is 56.3 Å². The van der Waals surface area contributed by atoms with E-state index in [1.165, 1.54) is 19.3 Å². The summed E-state index contributed by atoms with van der Waals surface area (Å²) in [6.45, 7) is 4.16. The number of amides is 1. The van der Waals surface area contributed by atoms with E-state index < -0.39 is 0 Å². The number of rotatable bonds is 5. The molecule has 0 aliphatic heterocycles. The van der Waals surface area contributed by atoms with E-state index in [1.807, 2.05) is 0 Å². The van der Waals surface area contributed by atoms with Crippen molar-refractivity contribution in [1.29, 1.82) is 0 Å². The molecule has 0 spiro atoms. The highest BCUT2D eigenvalue weighted by Crippen LogP contribution is 2.42. The predicted octanol–water partition coefficient (Wildman–Crippen LogP) is 3.34. The summed E-state index contributed by atoms with van der Waals surface area (Å²) < 4.78 is 5.47. The largest absolute Gasteiger partial charge is 0.344 e. The molecule has 6 nitrogen and oxygen atoms in total. The Morgan fingerprint density at radius 3 is 2.42 bits per heavy atom. The van der Waals surface area contributed by atoms with Crippen LogP contribution in [0.15, 0.2) is 4.52 Å². The second-order valence-corrected chi connectivity index (χ2v) is 8.69. The number of carbonyl (C=O) groups excluding carboxylic acids is 1. The number of halogens is 1. The number of carbonyl (C=O) groups is 1. The van der Waals surface area contributed by atoms with Crippen LogP contribution in [-0.2, 0) is 4.79 Å². The van der Waals surface area contributed by atoms with Crippen molar-refractivity contribution in [2.45, 2.75) is 76.8 Å². The molecule has 3 atom stereocenters. The lowest BCUT2D eigenvalue weighted by Gasteiger charge is -2.43. The van der Waals surface area contributed by atoms with Crippen LogP contribution in [0.4, 0.5) is 0 Å². The first-order valence-corrected chi connectivity index (χ1v) is 9.92. The van der Waals surface area contributed by atoms with Gasteiger partial charge in [0, 0.05) is 17.9 Å². The van der Waals surface area contributed by atoms with Crippen LogP contribution in [0.25, 0.3) is 0 Å². The highest BCUT2D eigenvalue weighted by atomic mass is 35.5. The second kappa shape index (κ2) is 7.85. The zero-order chi connectivity index (χ0) is 17.6. The molecular weight excluding hydrogens is 352 g/mol. The van der Waals surface area contributed by atoms with Crippen LogP contribution in [0.3, 0.4) is 0 Å². The number of nitrogens with one attached hydrogen (secondary N) is 1. The molecule has 1 aromatic heterocycles. The van der Waals surface area contributed by atoms with Gasteiger partial charge in [-0.15, -0.1) is 12.4 Å². The molecule has 3 saturated carbocycles. The minimum Gasteiger partial charge on any atom is -0.344 e. The molecule has 146 valence electrons. The summed E-state index contributed by atoms with van der Waals surface area (Å²) >= 11 is 0. The first-order valence-electron chi connectivity index (χ1n) is 9.92. The predicted molar refractivity (Wildman–Crippen MR) is 101 cm³/mol. The number of hydrogen-bond donors (Lipinski definition) is 2. The molecule has 3 unspecified atom stereocenters. The fourth-order valence-corrected chi connectivity index (χ4v) is 4.67. The molecule has 0 radical (unpaired) electrons. The summed E-state index contributed by atoms with van der Waals surface area (Å²) in [6.07, 6.45) is 7.73. The molecule has 3 aliphatic carbocycles. The van der Waals surface area contributed by atoms with E-state index in [9.17, 15) is 4.79 Å². The summed E-state index contributed by atoms with van der Waals surface area (Å²) in [4.78, 5) is 17.5. The van der Waals surface area contributed by atoms with Gasteiger partial charge in [0.05, 0.1) is 0 Å². The molecule has 2 bridgehead atoms. The molecule has 3 N–H and O–H groups in total. The van der Waals surface area contributed by atoms with Gasteiger partial charge in [-0.1, -0.05) is 25.4 Å². The third kappa shape index (κ3) is 3.91. The lowest BCUT2D eigenvalue weighted by atomic mass is 9.65. The number of aromatic nitrogens is 2. The van der Waals surface area contributed by atoms with Crippen LogP contribution in [0.1, 0.15) is 82.5 Å². The second-order valence-electron chi connectivity index (χ2n) is 8.69. The van der Waals surface area contributed by atoms with Crippen molar-refractivity contribution in [2.75, 3.05) is 0 Å². The number of hydrogen-bond acceptors (Lipinski definition) is 5. The van der Waals surface area contributed by atoms with Gasteiger partial charge in [-0.3, -0.25) is 4.79 Å². The van der Waals surface area contributed by atoms with Crippen LogP contribution in [-0.4, -0.2) is 22.1 Å². The molecule has 0 saturated heterocycles. The molecule has 3 aliphatic rings. The standard InChI is InChI=1S/C19H30N4O2.ClH/c1-10(2)16(19-22-17(23-25-19)11-6-7-11)21-18(24)14-8-12-4-3-5-13(9-14)15(12)20;/h10-16H,3-9,20H2,1-2H3,(H,21,24);1H. The average Bonchev–Trinajstić information content (AvgIpc) is 3.30. The van der Waals surface area contributed by atoms with Crippen molar-refractivity contribution in [1.82, 2.24) is 15.5 Å². The Labute approximate surface area is 161 Å². The monoisotopic (exact) mass is 382 g/mol. The molecule has 7 heteroatoms. The van der Waals surface area contributed by atoms with Gasteiger partial charge in [0.25, 0.3) is 0 Å². The Bertz CT molecular complexity index is 617. The maximum atomic E-state index is 12.9. The molecule has 4 rings (SSSR count). The normalized spacial score (nSPS) is 32.0. The maximum absolute atomic E-state index is 12.9. The average molecular weight is 383 g/mol. The van der Waals surface area contributed by atoms with Crippen LogP contribution in [0.2, 0.25) is 0 Å². The summed E-state index contributed by atoms with van der Waals surface area (Å²) in [5.74, 6) is 3.24. The summed E-state index contributed by atoms with van der Waals surface area (Å²) in [5.41, 5.74) is 6.36. The van der Waals surface area contributed by atoms with Crippen molar-refractivity contribution in [3.63, 3.8) is 0 Å². The van der Waals surface area contributed by atoms with E-state index in [1.54, 1.807) is 0 Å². The third-order valence-corrected chi connectivity index (χ3v) is 6.41. The van der Waals surface area contributed by atoms with Gasteiger partial charge in [0.1, 0.15) is 6.04 Å². The first kappa shape index (κ1) is 19.6. The summed E-state index contributed by atoms with van der Waals surface area (Å²) in [7, 11) is 0. The Hall–Kier alpha value is -1.14. The molecule has 0 aromatic carbocycles. The first-order chi connectivity index (χ1) is 12.0. The van der Waals surface area contributed by atoms with Crippen molar-refractivity contribution in [3.05, 3.63) is 11.7 Å². The molecule has 26 heavy (non-hydrogen) atoms. The molecular formula is C19H31ClN4O2. The minimum atomic E-state index is -0.206. The Balaban J connectivity index is 0.00000196. The van der Waals surface area contributed by atoms with Crippen LogP contribution >= 0.6 is 12.4 Å². The molecule has 1 amide bonds. The van der Waals surface area contributed by atoms with E-state index in [-0.39, 0.29) is 42.2 Å². The van der Waals surface area contributed by atoms with Gasteiger partial charge in [0.15, 0.2) is 5.82 Å². The smallest absolute Gasteiger partial charge is 0.249 e. The summed E-state index contributed by atoms with van der Waals surface area (Å²) in [5, 5.41) is 7.31. The number of nitrogens with zero attached hydrogens (tertiary/aromatic N) is 2. The van der Waals surface area contributed by atoms with E-state index in [4.69, 9.17) is 10.3 Å². The van der Waals surface area contributed by atoms with E-state index in [2.05, 4.69) is 29.3 Å². The van der Waals surface area contributed by atoms with Crippen LogP contribution in [0, 0.1) is 23.7 Å². The lowest BCUT2D eigenvalue weighted by Crippen LogP contribution is -2.49. The van der Waals surface area contributed by atoms with Crippen molar-refractivity contribution >= 4 is 18.3 Å². The summed E-state index contributed by atoms with van der Waals surface area (Å²) in [6, 6.07) is 0.0821. The molecule has 3 fully saturated rings. The van der Waals surface area contributed by atoms with Gasteiger partial charge in [-0.25, -0.2) is 0 Å². The van der Waals surface area contributed by atoms with Crippen molar-refractivity contribution in [3.8, 4) is 0 Å². The Morgan fingerprint density at radius 2 is 1.85 bits per heavy atom. The van der Waals surface area contributed by atoms with Gasteiger partial charge in [-0.2, -0.15) is 4.98 Å². The van der Waals surface area contributed by atoms with E-state index in [0.29, 0.717) is 23.6 Å². The van der Waals surface area contributed by atoms with Crippen LogP contribution in [0.5, 0.6) is 0 Å². The number of fused-ring (bicyclic) bond motifs is 2. The van der Waals surface area contributed by atoms with Gasteiger partial charge in [0.2, 0.25) is 11.8 Å². The van der Waals surface area contributed by atoms with Crippen molar-refractivity contribution in [2.24, 2.45) is 29.4 Å². The minimum absolute atomic E-state index is 0. The maximum Gasteiger partial charge on any atom is 0.249 e. The fraction of sp³-hybridized carbons (Fsp3) is 0.842. The quantitative estimate of drug-likeness (QED) is 0.814. The topological polar surface area (TPSA) is 94.0 Å². The zero-order valence-electron chi connectivity index (χ0n) is 15.7. The third-order valence-electron chi connectivity index (χ3n) is 6.41. The van der Waals surface area contributed by atoms with Gasteiger partial charge >= 0.3 is 0 Å². The zero-order valence-corrected chi connectivity index (χ0v) is 16.5. The molecule has 1 heterocycles. The Kier molecular flexibility index (Phi) is 5.92. The van der Waals surface area contributed by atoms with E-state index >= 15 is 0 Å². The number of nitrogens with two attached hydrogens (primary N) is 1. The highest BCUT2D eigenvalue weighted by molar-refractivity contribution is 5.85. The SMILES string of the molecule is CC(C)C(NC(=O)C1CC2CCCC(C1)C2N)c1nc(C2CC2)no1.Cl. The highest BCUT2D eigenvalue weighted by Gasteiger charge is 2.41. The fourth-order valence-electron chi connectivity index (χ4n) is 4.67. The lowest BCUT2D eigenvalue weighted by molar-refractivity contribution is -0.129. The van der Waals surface area contributed by atoms with Crippen LogP contribution < -0.4 is 11.1 Å². The Morgan fingerprint density at radius 1 is 1.19 bits per heavy atom. The van der Waals surface area contributed by atoms with Gasteiger partial charge < -0.3 is 15.6 Å². The van der Waals surface area contributed by atoms with E-state index in [0.717, 1.165) is 31.5 Å². The molecule has 1 aromatic rings. The van der Waals surface area contributed by atoms with Crippen molar-refractivity contribution < 1.29 is 9.32 Å².